The molecule has 1 aromatic rings. The summed E-state index contributed by atoms with van der Waals surface area (Å²) in [5.41, 5.74) is 1.12. The maximum absolute atomic E-state index is 11.0. The molecule has 1 atom stereocenters. The van der Waals surface area contributed by atoms with Gasteiger partial charge in [0.2, 0.25) is 5.91 Å². The zero-order valence-corrected chi connectivity index (χ0v) is 8.54. The van der Waals surface area contributed by atoms with E-state index in [1.165, 1.54) is 0 Å². The van der Waals surface area contributed by atoms with Crippen molar-refractivity contribution in [3.05, 3.63) is 28.5 Å². The number of hydrogen-bond donors (Lipinski definition) is 1. The molecular formula is C9H9BrN2O. The summed E-state index contributed by atoms with van der Waals surface area (Å²) in [4.78, 5) is 15.0. The molecule has 1 saturated heterocycles. The Balaban J connectivity index is 2.21. The normalized spacial score (nSPS) is 21.6. The van der Waals surface area contributed by atoms with Crippen molar-refractivity contribution < 1.29 is 4.79 Å². The molecule has 1 fully saturated rings. The van der Waals surface area contributed by atoms with Gasteiger partial charge in [-0.3, -0.25) is 9.78 Å². The summed E-state index contributed by atoms with van der Waals surface area (Å²) in [6.45, 7) is 0.733. The van der Waals surface area contributed by atoms with Gasteiger partial charge in [0.25, 0.3) is 0 Å². The van der Waals surface area contributed by atoms with Crippen molar-refractivity contribution in [2.24, 2.45) is 0 Å². The smallest absolute Gasteiger partial charge is 0.220 e. The molecule has 0 aliphatic carbocycles. The molecule has 0 spiro atoms. The van der Waals surface area contributed by atoms with Crippen LogP contribution in [0.2, 0.25) is 0 Å². The lowest BCUT2D eigenvalue weighted by atomic mass is 10.0. The van der Waals surface area contributed by atoms with Crippen LogP contribution in [0.15, 0.2) is 22.9 Å². The van der Waals surface area contributed by atoms with E-state index in [-0.39, 0.29) is 11.8 Å². The van der Waals surface area contributed by atoms with Gasteiger partial charge in [0, 0.05) is 35.7 Å². The van der Waals surface area contributed by atoms with Crippen LogP contribution in [0.25, 0.3) is 0 Å². The Kier molecular flexibility index (Phi) is 2.31. The minimum Gasteiger partial charge on any atom is -0.355 e. The fraction of sp³-hybridized carbons (Fsp3) is 0.333. The molecule has 13 heavy (non-hydrogen) atoms. The second kappa shape index (κ2) is 3.46. The summed E-state index contributed by atoms with van der Waals surface area (Å²) >= 11 is 3.36. The summed E-state index contributed by atoms with van der Waals surface area (Å²) in [5, 5.41) is 2.81. The standard InChI is InChI=1S/C9H9BrN2O/c10-8-1-6(3-11-5-8)7-2-9(13)12-4-7/h1,3,5,7H,2,4H2,(H,12,13). The van der Waals surface area contributed by atoms with Crippen LogP contribution in [-0.4, -0.2) is 17.4 Å². The Bertz CT molecular complexity index is 340. The highest BCUT2D eigenvalue weighted by atomic mass is 79.9. The first-order valence-electron chi connectivity index (χ1n) is 4.13. The molecule has 1 unspecified atom stereocenters. The number of nitrogens with zero attached hydrogens (tertiary/aromatic N) is 1. The zero-order valence-electron chi connectivity index (χ0n) is 6.96. The highest BCUT2D eigenvalue weighted by molar-refractivity contribution is 9.10. The van der Waals surface area contributed by atoms with E-state index in [4.69, 9.17) is 0 Å². The quantitative estimate of drug-likeness (QED) is 0.808. The second-order valence-electron chi connectivity index (χ2n) is 3.14. The number of hydrogen-bond acceptors (Lipinski definition) is 2. The van der Waals surface area contributed by atoms with Crippen molar-refractivity contribution in [2.75, 3.05) is 6.54 Å². The fourth-order valence-electron chi connectivity index (χ4n) is 1.49. The maximum atomic E-state index is 11.0. The molecule has 0 aromatic carbocycles. The Morgan fingerprint density at radius 1 is 1.54 bits per heavy atom. The molecule has 0 bridgehead atoms. The van der Waals surface area contributed by atoms with Gasteiger partial charge in [-0.2, -0.15) is 0 Å². The van der Waals surface area contributed by atoms with E-state index in [1.807, 2.05) is 12.3 Å². The molecule has 68 valence electrons. The highest BCUT2D eigenvalue weighted by Gasteiger charge is 2.22. The van der Waals surface area contributed by atoms with Gasteiger partial charge in [-0.1, -0.05) is 0 Å². The van der Waals surface area contributed by atoms with Crippen molar-refractivity contribution in [1.82, 2.24) is 10.3 Å². The van der Waals surface area contributed by atoms with E-state index < -0.39 is 0 Å². The summed E-state index contributed by atoms with van der Waals surface area (Å²) in [5.74, 6) is 0.419. The van der Waals surface area contributed by atoms with Crippen LogP contribution in [0.3, 0.4) is 0 Å². The third-order valence-electron chi connectivity index (χ3n) is 2.17. The summed E-state index contributed by atoms with van der Waals surface area (Å²) < 4.78 is 0.962. The van der Waals surface area contributed by atoms with Gasteiger partial charge in [-0.15, -0.1) is 0 Å². The number of amides is 1. The van der Waals surface area contributed by atoms with Crippen LogP contribution in [-0.2, 0) is 4.79 Å². The SMILES string of the molecule is O=C1CC(c2cncc(Br)c2)CN1. The average Bonchev–Trinajstić information content (AvgIpc) is 2.52. The first kappa shape index (κ1) is 8.69. The number of halogens is 1. The molecule has 1 amide bonds. The second-order valence-corrected chi connectivity index (χ2v) is 4.06. The molecule has 1 aliphatic heterocycles. The fourth-order valence-corrected chi connectivity index (χ4v) is 1.87. The largest absolute Gasteiger partial charge is 0.355 e. The number of rotatable bonds is 1. The maximum Gasteiger partial charge on any atom is 0.220 e. The van der Waals surface area contributed by atoms with Gasteiger partial charge in [0.1, 0.15) is 0 Å². The minimum atomic E-state index is 0.130. The predicted octanol–water partition coefficient (Wildman–Crippen LogP) is 1.45. The molecule has 0 radical (unpaired) electrons. The summed E-state index contributed by atoms with van der Waals surface area (Å²) in [6, 6.07) is 2.01. The van der Waals surface area contributed by atoms with E-state index in [0.29, 0.717) is 6.42 Å². The van der Waals surface area contributed by atoms with E-state index in [0.717, 1.165) is 16.6 Å². The van der Waals surface area contributed by atoms with Gasteiger partial charge in [-0.05, 0) is 27.6 Å². The van der Waals surface area contributed by atoms with Crippen molar-refractivity contribution in [1.29, 1.82) is 0 Å². The lowest BCUT2D eigenvalue weighted by Crippen LogP contribution is -2.13. The number of aromatic nitrogens is 1. The number of carbonyl (C=O) groups excluding carboxylic acids is 1. The van der Waals surface area contributed by atoms with Crippen LogP contribution >= 0.6 is 15.9 Å². The summed E-state index contributed by atoms with van der Waals surface area (Å²) in [7, 11) is 0. The van der Waals surface area contributed by atoms with E-state index in [9.17, 15) is 4.79 Å². The third kappa shape index (κ3) is 1.88. The zero-order chi connectivity index (χ0) is 9.26. The Labute approximate surface area is 84.7 Å². The van der Waals surface area contributed by atoms with Gasteiger partial charge >= 0.3 is 0 Å². The molecule has 2 rings (SSSR count). The van der Waals surface area contributed by atoms with Gasteiger partial charge in [-0.25, -0.2) is 0 Å². The lowest BCUT2D eigenvalue weighted by Gasteiger charge is -2.06. The van der Waals surface area contributed by atoms with Crippen molar-refractivity contribution in [3.63, 3.8) is 0 Å². The molecule has 4 heteroatoms. The van der Waals surface area contributed by atoms with Crippen LogP contribution in [0, 0.1) is 0 Å². The lowest BCUT2D eigenvalue weighted by molar-refractivity contribution is -0.119. The van der Waals surface area contributed by atoms with E-state index >= 15 is 0 Å². The predicted molar refractivity (Wildman–Crippen MR) is 52.3 cm³/mol. The average molecular weight is 241 g/mol. The highest BCUT2D eigenvalue weighted by Crippen LogP contribution is 2.24. The van der Waals surface area contributed by atoms with Crippen LogP contribution in [0.5, 0.6) is 0 Å². The molecule has 1 aliphatic rings. The van der Waals surface area contributed by atoms with Crippen LogP contribution in [0.4, 0.5) is 0 Å². The third-order valence-corrected chi connectivity index (χ3v) is 2.61. The van der Waals surface area contributed by atoms with Gasteiger partial charge < -0.3 is 5.32 Å². The van der Waals surface area contributed by atoms with Gasteiger partial charge in [0.05, 0.1) is 0 Å². The Morgan fingerprint density at radius 3 is 3.00 bits per heavy atom. The number of nitrogens with one attached hydrogen (secondary N) is 1. The monoisotopic (exact) mass is 240 g/mol. The first-order valence-corrected chi connectivity index (χ1v) is 4.92. The molecule has 1 aromatic heterocycles. The van der Waals surface area contributed by atoms with E-state index in [1.54, 1.807) is 6.20 Å². The van der Waals surface area contributed by atoms with E-state index in [2.05, 4.69) is 26.2 Å². The molecule has 2 heterocycles. The molecule has 1 N–H and O–H groups in total. The molecule has 0 saturated carbocycles. The minimum absolute atomic E-state index is 0.130. The first-order chi connectivity index (χ1) is 6.25. The van der Waals surface area contributed by atoms with Crippen molar-refractivity contribution in [3.8, 4) is 0 Å². The summed E-state index contributed by atoms with van der Waals surface area (Å²) in [6.07, 6.45) is 4.14. The van der Waals surface area contributed by atoms with Crippen molar-refractivity contribution in [2.45, 2.75) is 12.3 Å². The van der Waals surface area contributed by atoms with Crippen LogP contribution in [0.1, 0.15) is 17.9 Å². The van der Waals surface area contributed by atoms with Gasteiger partial charge in [0.15, 0.2) is 0 Å². The molecular weight excluding hydrogens is 232 g/mol. The number of pyridine rings is 1. The Hall–Kier alpha value is -0.900. The topological polar surface area (TPSA) is 42.0 Å². The van der Waals surface area contributed by atoms with Crippen LogP contribution < -0.4 is 5.32 Å². The molecule has 3 nitrogen and oxygen atoms in total. The number of carbonyl (C=O) groups is 1. The van der Waals surface area contributed by atoms with Crippen molar-refractivity contribution >= 4 is 21.8 Å². The Morgan fingerprint density at radius 2 is 2.38 bits per heavy atom.